The molecule has 0 heterocycles. The average Bonchev–Trinajstić information content (AvgIpc) is 3.03. The Morgan fingerprint density at radius 2 is 1.93 bits per heavy atom. The van der Waals surface area contributed by atoms with Crippen molar-refractivity contribution >= 4 is 0 Å². The molecule has 0 radical (unpaired) electrons. The Bertz CT molecular complexity index is 606. The van der Waals surface area contributed by atoms with Crippen LogP contribution in [0.4, 0.5) is 0 Å². The number of allylic oxidation sites excluding steroid dienone is 1. The Morgan fingerprint density at radius 1 is 1.14 bits per heavy atom. The zero-order chi connectivity index (χ0) is 20.2. The van der Waals surface area contributed by atoms with Crippen molar-refractivity contribution in [3.8, 4) is 0 Å². The molecule has 4 rings (SSSR count). The van der Waals surface area contributed by atoms with E-state index in [0.29, 0.717) is 16.7 Å². The van der Waals surface area contributed by atoms with E-state index in [1.54, 1.807) is 5.57 Å². The lowest BCUT2D eigenvalue weighted by Crippen LogP contribution is -2.51. The third kappa shape index (κ3) is 3.62. The van der Waals surface area contributed by atoms with Crippen LogP contribution in [0.25, 0.3) is 0 Å². The van der Waals surface area contributed by atoms with Crippen molar-refractivity contribution in [1.82, 2.24) is 0 Å². The van der Waals surface area contributed by atoms with Crippen LogP contribution in [-0.4, -0.2) is 21.9 Å². The van der Waals surface area contributed by atoms with Crippen LogP contribution < -0.4 is 0 Å². The molecule has 2 heteroatoms. The maximum absolute atomic E-state index is 11.3. The van der Waals surface area contributed by atoms with E-state index >= 15 is 0 Å². The predicted octanol–water partition coefficient (Wildman–Crippen LogP) is 6.26. The summed E-state index contributed by atoms with van der Waals surface area (Å²) >= 11 is 0. The smallest absolute Gasteiger partial charge is 0.0625 e. The SMILES string of the molecule is CC(C)CCC(C)(O)C[C@@]12CCC[C@H]1[C@@H]1CC=C3C[C@@H](O)CC[C@]3(C)[C@H]1CC2. The van der Waals surface area contributed by atoms with Gasteiger partial charge in [-0.25, -0.2) is 0 Å². The topological polar surface area (TPSA) is 40.5 Å². The summed E-state index contributed by atoms with van der Waals surface area (Å²) in [6.45, 7) is 9.17. The Kier molecular flexibility index (Phi) is 5.54. The second-order valence-corrected chi connectivity index (χ2v) is 12.1. The average molecular weight is 389 g/mol. The summed E-state index contributed by atoms with van der Waals surface area (Å²) in [5, 5.41) is 21.5. The molecule has 1 unspecified atom stereocenters. The van der Waals surface area contributed by atoms with Crippen molar-refractivity contribution < 1.29 is 10.2 Å². The molecule has 0 saturated heterocycles. The van der Waals surface area contributed by atoms with E-state index in [1.807, 2.05) is 0 Å². The monoisotopic (exact) mass is 388 g/mol. The number of fused-ring (bicyclic) bond motifs is 5. The van der Waals surface area contributed by atoms with E-state index in [0.717, 1.165) is 49.9 Å². The van der Waals surface area contributed by atoms with Crippen molar-refractivity contribution in [2.24, 2.45) is 34.5 Å². The van der Waals surface area contributed by atoms with E-state index in [4.69, 9.17) is 0 Å². The van der Waals surface area contributed by atoms with Gasteiger partial charge >= 0.3 is 0 Å². The van der Waals surface area contributed by atoms with Gasteiger partial charge in [-0.3, -0.25) is 0 Å². The van der Waals surface area contributed by atoms with Crippen LogP contribution in [0.15, 0.2) is 11.6 Å². The van der Waals surface area contributed by atoms with Gasteiger partial charge in [0, 0.05) is 0 Å². The van der Waals surface area contributed by atoms with Gasteiger partial charge < -0.3 is 10.2 Å². The minimum Gasteiger partial charge on any atom is -0.393 e. The van der Waals surface area contributed by atoms with Crippen molar-refractivity contribution in [3.63, 3.8) is 0 Å². The van der Waals surface area contributed by atoms with E-state index in [2.05, 4.69) is 33.8 Å². The van der Waals surface area contributed by atoms with Gasteiger partial charge in [0.1, 0.15) is 0 Å². The van der Waals surface area contributed by atoms with E-state index < -0.39 is 5.60 Å². The summed E-state index contributed by atoms with van der Waals surface area (Å²) in [6, 6.07) is 0. The molecule has 2 nitrogen and oxygen atoms in total. The van der Waals surface area contributed by atoms with Gasteiger partial charge in [0.05, 0.1) is 11.7 Å². The first-order valence-electron chi connectivity index (χ1n) is 12.3. The molecule has 3 fully saturated rings. The molecule has 0 amide bonds. The van der Waals surface area contributed by atoms with Gasteiger partial charge in [0.2, 0.25) is 0 Å². The molecule has 3 saturated carbocycles. The van der Waals surface area contributed by atoms with Crippen LogP contribution in [0.3, 0.4) is 0 Å². The summed E-state index contributed by atoms with van der Waals surface area (Å²) in [7, 11) is 0. The first kappa shape index (κ1) is 20.9. The maximum Gasteiger partial charge on any atom is 0.0625 e. The highest BCUT2D eigenvalue weighted by atomic mass is 16.3. The van der Waals surface area contributed by atoms with Crippen LogP contribution in [-0.2, 0) is 0 Å². The second kappa shape index (κ2) is 7.41. The van der Waals surface area contributed by atoms with Crippen molar-refractivity contribution in [1.29, 1.82) is 0 Å². The summed E-state index contributed by atoms with van der Waals surface area (Å²) in [6.07, 6.45) is 16.6. The Hall–Kier alpha value is -0.340. The first-order valence-corrected chi connectivity index (χ1v) is 12.3. The quantitative estimate of drug-likeness (QED) is 0.546. The summed E-state index contributed by atoms with van der Waals surface area (Å²) < 4.78 is 0. The zero-order valence-corrected chi connectivity index (χ0v) is 18.8. The summed E-state index contributed by atoms with van der Waals surface area (Å²) in [4.78, 5) is 0. The highest BCUT2D eigenvalue weighted by Gasteiger charge is 2.58. The van der Waals surface area contributed by atoms with Crippen molar-refractivity contribution in [2.45, 2.75) is 116 Å². The molecule has 4 aliphatic carbocycles. The van der Waals surface area contributed by atoms with Crippen molar-refractivity contribution in [2.75, 3.05) is 0 Å². The largest absolute Gasteiger partial charge is 0.393 e. The fourth-order valence-electron chi connectivity index (χ4n) is 8.19. The third-order valence-corrected chi connectivity index (χ3v) is 9.60. The molecule has 7 atom stereocenters. The molecule has 0 spiro atoms. The summed E-state index contributed by atoms with van der Waals surface area (Å²) in [5.41, 5.74) is 1.78. The lowest BCUT2D eigenvalue weighted by molar-refractivity contribution is -0.0847. The van der Waals surface area contributed by atoms with Gasteiger partial charge in [-0.2, -0.15) is 0 Å². The molecule has 28 heavy (non-hydrogen) atoms. The lowest BCUT2D eigenvalue weighted by atomic mass is 9.47. The van der Waals surface area contributed by atoms with Crippen LogP contribution in [0.1, 0.15) is 105 Å². The molecule has 0 bridgehead atoms. The number of hydrogen-bond donors (Lipinski definition) is 2. The summed E-state index contributed by atoms with van der Waals surface area (Å²) in [5.74, 6) is 3.08. The Morgan fingerprint density at radius 3 is 2.68 bits per heavy atom. The van der Waals surface area contributed by atoms with Crippen molar-refractivity contribution in [3.05, 3.63) is 11.6 Å². The Labute approximate surface area is 173 Å². The third-order valence-electron chi connectivity index (χ3n) is 9.60. The van der Waals surface area contributed by atoms with Gasteiger partial charge in [-0.05, 0) is 112 Å². The first-order chi connectivity index (χ1) is 13.2. The molecule has 0 aromatic heterocycles. The van der Waals surface area contributed by atoms with Gasteiger partial charge in [-0.1, -0.05) is 38.8 Å². The molecular formula is C26H44O2. The maximum atomic E-state index is 11.3. The van der Waals surface area contributed by atoms with Crippen LogP contribution in [0.2, 0.25) is 0 Å². The van der Waals surface area contributed by atoms with E-state index in [-0.39, 0.29) is 6.10 Å². The molecule has 0 aromatic rings. The van der Waals surface area contributed by atoms with Crippen LogP contribution in [0, 0.1) is 34.5 Å². The van der Waals surface area contributed by atoms with Gasteiger partial charge in [-0.15, -0.1) is 0 Å². The number of aliphatic hydroxyl groups is 2. The minimum atomic E-state index is -0.506. The normalized spacial score (nSPS) is 45.0. The minimum absolute atomic E-state index is 0.110. The predicted molar refractivity (Wildman–Crippen MR) is 116 cm³/mol. The number of rotatable bonds is 5. The number of hydrogen-bond acceptors (Lipinski definition) is 2. The highest BCUT2D eigenvalue weighted by molar-refractivity contribution is 5.25. The molecule has 4 aliphatic rings. The fourth-order valence-corrected chi connectivity index (χ4v) is 8.19. The highest BCUT2D eigenvalue weighted by Crippen LogP contribution is 2.66. The molecular weight excluding hydrogens is 344 g/mol. The van der Waals surface area contributed by atoms with Gasteiger partial charge in [0.25, 0.3) is 0 Å². The molecule has 160 valence electrons. The molecule has 2 N–H and O–H groups in total. The van der Waals surface area contributed by atoms with E-state index in [9.17, 15) is 10.2 Å². The number of aliphatic hydroxyl groups excluding tert-OH is 1. The fraction of sp³-hybridized carbons (Fsp3) is 0.923. The molecule has 0 aromatic carbocycles. The second-order valence-electron chi connectivity index (χ2n) is 12.1. The Balaban J connectivity index is 1.55. The van der Waals surface area contributed by atoms with E-state index in [1.165, 1.54) is 44.9 Å². The standard InChI is InChI=1S/C26H44O2/c1-18(2)9-13-24(3,28)17-26-12-5-6-23(26)21-8-7-19-16-20(27)10-14-25(19,4)22(21)11-15-26/h7,18,20-23,27-28H,5-6,8-17H2,1-4H3/t20-,21+,22-,23-,24?,25-,26-/m0/s1. The lowest BCUT2D eigenvalue weighted by Gasteiger charge is -2.58. The zero-order valence-electron chi connectivity index (χ0n) is 18.8. The van der Waals surface area contributed by atoms with Crippen LogP contribution in [0.5, 0.6) is 0 Å². The van der Waals surface area contributed by atoms with Crippen LogP contribution >= 0.6 is 0 Å². The molecule has 0 aliphatic heterocycles. The van der Waals surface area contributed by atoms with Gasteiger partial charge in [0.15, 0.2) is 0 Å².